The zero-order valence-electron chi connectivity index (χ0n) is 14.5. The number of halogens is 2. The van der Waals surface area contributed by atoms with Gasteiger partial charge in [-0.15, -0.1) is 0 Å². The average Bonchev–Trinajstić information content (AvgIpc) is 2.62. The van der Waals surface area contributed by atoms with E-state index >= 15 is 0 Å². The summed E-state index contributed by atoms with van der Waals surface area (Å²) in [6.07, 6.45) is 2.47. The number of carbonyl (C=O) groups excluding carboxylic acids is 2. The highest BCUT2D eigenvalue weighted by Gasteiger charge is 2.26. The second-order valence-electron chi connectivity index (χ2n) is 5.56. The number of methoxy groups -OCH3 is 2. The van der Waals surface area contributed by atoms with Crippen LogP contribution in [-0.4, -0.2) is 50.1 Å². The summed E-state index contributed by atoms with van der Waals surface area (Å²) < 4.78 is 9.89. The number of piperidine rings is 1. The summed E-state index contributed by atoms with van der Waals surface area (Å²) in [5.74, 6) is 0.0950. The molecule has 1 heterocycles. The molecule has 1 atom stereocenters. The van der Waals surface area contributed by atoms with Crippen LogP contribution in [0.2, 0.25) is 10.0 Å². The molecule has 1 aromatic rings. The SMILES string of the molecule is COC(CC(N)=O)C(=O)N1CCCCC1.COc1ccc(Cl)c(Cl)c1. The molecule has 2 N–H and O–H groups in total. The smallest absolute Gasteiger partial charge is 0.252 e. The van der Waals surface area contributed by atoms with E-state index in [2.05, 4.69) is 0 Å². The Labute approximate surface area is 158 Å². The third-order valence-electron chi connectivity index (χ3n) is 3.74. The van der Waals surface area contributed by atoms with Crippen LogP contribution in [0, 0.1) is 0 Å². The number of ether oxygens (including phenoxy) is 2. The molecule has 2 amide bonds. The number of benzene rings is 1. The molecule has 0 radical (unpaired) electrons. The van der Waals surface area contributed by atoms with Crippen molar-refractivity contribution >= 4 is 35.0 Å². The number of nitrogens with zero attached hydrogens (tertiary/aromatic N) is 1. The van der Waals surface area contributed by atoms with E-state index in [4.69, 9.17) is 38.4 Å². The third-order valence-corrected chi connectivity index (χ3v) is 4.48. The summed E-state index contributed by atoms with van der Waals surface area (Å²) in [5, 5.41) is 1.06. The molecule has 0 aliphatic carbocycles. The normalized spacial score (nSPS) is 15.0. The van der Waals surface area contributed by atoms with Gasteiger partial charge in [0.1, 0.15) is 11.9 Å². The van der Waals surface area contributed by atoms with Gasteiger partial charge in [0.05, 0.1) is 23.6 Å². The molecule has 0 bridgehead atoms. The van der Waals surface area contributed by atoms with Crippen molar-refractivity contribution in [2.75, 3.05) is 27.3 Å². The second kappa shape index (κ2) is 11.2. The van der Waals surface area contributed by atoms with Crippen LogP contribution < -0.4 is 10.5 Å². The monoisotopic (exact) mass is 390 g/mol. The van der Waals surface area contributed by atoms with Crippen molar-refractivity contribution in [1.29, 1.82) is 0 Å². The lowest BCUT2D eigenvalue weighted by Crippen LogP contribution is -2.44. The van der Waals surface area contributed by atoms with Gasteiger partial charge < -0.3 is 20.1 Å². The highest BCUT2D eigenvalue weighted by Crippen LogP contribution is 2.25. The molecule has 140 valence electrons. The van der Waals surface area contributed by atoms with Crippen LogP contribution in [0.15, 0.2) is 18.2 Å². The van der Waals surface area contributed by atoms with E-state index in [0.29, 0.717) is 10.0 Å². The first-order valence-electron chi connectivity index (χ1n) is 7.98. The van der Waals surface area contributed by atoms with E-state index < -0.39 is 12.0 Å². The van der Waals surface area contributed by atoms with Gasteiger partial charge in [0.15, 0.2) is 0 Å². The fourth-order valence-corrected chi connectivity index (χ4v) is 2.66. The molecule has 0 saturated carbocycles. The average molecular weight is 391 g/mol. The highest BCUT2D eigenvalue weighted by atomic mass is 35.5. The summed E-state index contributed by atoms with van der Waals surface area (Å²) in [7, 11) is 3.01. The Morgan fingerprint density at radius 1 is 1.16 bits per heavy atom. The van der Waals surface area contributed by atoms with Crippen molar-refractivity contribution in [3.05, 3.63) is 28.2 Å². The predicted molar refractivity (Wildman–Crippen MR) is 98.1 cm³/mol. The molecule has 1 unspecified atom stereocenters. The Morgan fingerprint density at radius 2 is 1.80 bits per heavy atom. The van der Waals surface area contributed by atoms with Gasteiger partial charge in [0.2, 0.25) is 5.91 Å². The Hall–Kier alpha value is -1.50. The summed E-state index contributed by atoms with van der Waals surface area (Å²) in [6, 6.07) is 5.13. The molecular formula is C17H24Cl2N2O4. The quantitative estimate of drug-likeness (QED) is 0.837. The van der Waals surface area contributed by atoms with E-state index in [1.165, 1.54) is 7.11 Å². The molecule has 25 heavy (non-hydrogen) atoms. The number of hydrogen-bond donors (Lipinski definition) is 1. The van der Waals surface area contributed by atoms with Gasteiger partial charge in [-0.05, 0) is 31.4 Å². The first kappa shape index (κ1) is 21.5. The Kier molecular flexibility index (Phi) is 9.63. The van der Waals surface area contributed by atoms with Gasteiger partial charge in [-0.1, -0.05) is 23.2 Å². The zero-order chi connectivity index (χ0) is 18.8. The van der Waals surface area contributed by atoms with Gasteiger partial charge in [-0.25, -0.2) is 0 Å². The summed E-state index contributed by atoms with van der Waals surface area (Å²) in [5.41, 5.74) is 5.05. The lowest BCUT2D eigenvalue weighted by Gasteiger charge is -2.29. The van der Waals surface area contributed by atoms with Crippen LogP contribution in [0.1, 0.15) is 25.7 Å². The second-order valence-corrected chi connectivity index (χ2v) is 6.38. The van der Waals surface area contributed by atoms with Crippen molar-refractivity contribution in [2.24, 2.45) is 5.73 Å². The van der Waals surface area contributed by atoms with Crippen molar-refractivity contribution in [3.63, 3.8) is 0 Å². The van der Waals surface area contributed by atoms with Crippen molar-refractivity contribution in [1.82, 2.24) is 4.90 Å². The maximum absolute atomic E-state index is 11.9. The third kappa shape index (κ3) is 7.50. The fraction of sp³-hybridized carbons (Fsp3) is 0.529. The predicted octanol–water partition coefficient (Wildman–Crippen LogP) is 2.89. The molecule has 6 nitrogen and oxygen atoms in total. The van der Waals surface area contributed by atoms with Crippen molar-refractivity contribution in [2.45, 2.75) is 31.8 Å². The Balaban J connectivity index is 0.000000271. The van der Waals surface area contributed by atoms with Crippen molar-refractivity contribution < 1.29 is 19.1 Å². The van der Waals surface area contributed by atoms with Crippen molar-refractivity contribution in [3.8, 4) is 5.75 Å². The molecule has 2 rings (SSSR count). The summed E-state index contributed by atoms with van der Waals surface area (Å²) >= 11 is 11.3. The van der Waals surface area contributed by atoms with Crippen LogP contribution in [0.25, 0.3) is 0 Å². The van der Waals surface area contributed by atoms with E-state index in [0.717, 1.165) is 38.1 Å². The molecule has 1 fully saturated rings. The van der Waals surface area contributed by atoms with Gasteiger partial charge in [0, 0.05) is 26.3 Å². The maximum atomic E-state index is 11.9. The molecular weight excluding hydrogens is 367 g/mol. The van der Waals surface area contributed by atoms with Gasteiger partial charge in [0.25, 0.3) is 5.91 Å². The summed E-state index contributed by atoms with van der Waals surface area (Å²) in [6.45, 7) is 1.52. The Bertz CT molecular complexity index is 578. The molecule has 1 aliphatic rings. The lowest BCUT2D eigenvalue weighted by atomic mass is 10.1. The van der Waals surface area contributed by atoms with Crippen LogP contribution in [-0.2, 0) is 14.3 Å². The number of rotatable bonds is 5. The molecule has 1 aliphatic heterocycles. The van der Waals surface area contributed by atoms with Gasteiger partial charge in [-0.2, -0.15) is 0 Å². The minimum Gasteiger partial charge on any atom is -0.497 e. The minimum absolute atomic E-state index is 0.0359. The van der Waals surface area contributed by atoms with Gasteiger partial charge in [-0.3, -0.25) is 9.59 Å². The minimum atomic E-state index is -0.708. The largest absolute Gasteiger partial charge is 0.497 e. The molecule has 1 saturated heterocycles. The van der Waals surface area contributed by atoms with Crippen LogP contribution >= 0.6 is 23.2 Å². The number of hydrogen-bond acceptors (Lipinski definition) is 4. The van der Waals surface area contributed by atoms with Crippen LogP contribution in [0.3, 0.4) is 0 Å². The standard InChI is InChI=1S/C10H18N2O3.C7H6Cl2O/c1-15-8(7-9(11)13)10(14)12-5-3-2-4-6-12;1-10-5-2-3-6(8)7(9)4-5/h8H,2-7H2,1H3,(H2,11,13);2-4H,1H3. The fourth-order valence-electron chi connectivity index (χ4n) is 2.38. The zero-order valence-corrected chi connectivity index (χ0v) is 16.0. The van der Waals surface area contributed by atoms with E-state index in [-0.39, 0.29) is 12.3 Å². The molecule has 1 aromatic carbocycles. The highest BCUT2D eigenvalue weighted by molar-refractivity contribution is 6.42. The first-order valence-corrected chi connectivity index (χ1v) is 8.73. The van der Waals surface area contributed by atoms with Crippen LogP contribution in [0.5, 0.6) is 5.75 Å². The Morgan fingerprint density at radius 3 is 2.28 bits per heavy atom. The number of primary amides is 1. The lowest BCUT2D eigenvalue weighted by molar-refractivity contribution is -0.145. The summed E-state index contributed by atoms with van der Waals surface area (Å²) in [4.78, 5) is 24.3. The number of nitrogens with two attached hydrogens (primary N) is 1. The number of carbonyl (C=O) groups is 2. The maximum Gasteiger partial charge on any atom is 0.252 e. The topological polar surface area (TPSA) is 81.9 Å². The molecule has 0 spiro atoms. The van der Waals surface area contributed by atoms with E-state index in [1.807, 2.05) is 0 Å². The van der Waals surface area contributed by atoms with E-state index in [1.54, 1.807) is 30.2 Å². The first-order chi connectivity index (χ1) is 11.9. The number of likely N-dealkylation sites (tertiary alicyclic amines) is 1. The van der Waals surface area contributed by atoms with Gasteiger partial charge >= 0.3 is 0 Å². The van der Waals surface area contributed by atoms with Crippen LogP contribution in [0.4, 0.5) is 0 Å². The molecule has 8 heteroatoms. The molecule has 0 aromatic heterocycles. The van der Waals surface area contributed by atoms with E-state index in [9.17, 15) is 9.59 Å². The number of amides is 2.